The average molecular weight is 1060 g/mol. The van der Waals surface area contributed by atoms with E-state index in [9.17, 15) is 15.2 Å². The van der Waals surface area contributed by atoms with Crippen molar-refractivity contribution in [2.24, 2.45) is 5.92 Å². The van der Waals surface area contributed by atoms with Crippen molar-refractivity contribution < 1.29 is 48.2 Å². The first-order valence-corrected chi connectivity index (χ1v) is 25.5. The molecule has 3 amide bonds. The summed E-state index contributed by atoms with van der Waals surface area (Å²) in [5.41, 5.74) is 3.73. The largest absolute Gasteiger partial charge is 0.508 e. The molecule has 2 fully saturated rings. The maximum atomic E-state index is 16.9. The Morgan fingerprint density at radius 3 is 2.19 bits per heavy atom. The number of aromatic hydroxyl groups is 1. The summed E-state index contributed by atoms with van der Waals surface area (Å²) in [6.07, 6.45) is -1.70. The topological polar surface area (TPSA) is 209 Å². The SMILES string of the molecule is COc1cc2c(cc1OC)CN(C(=O)[C@@H]1[C@H]3C(=O)O[C@H](c4ccccc4)[C@H](c4ccccc4)N3[C@H](c3ccc(O)cc3)[C@@]13C(=O)N(C(=O)OCc1ccc([N+](=O)[O-])cc1)c1ccc(C#CCn4nnc5ccccc54)cc13)CC2. The van der Waals surface area contributed by atoms with Crippen LogP contribution in [0.2, 0.25) is 0 Å². The fraction of sp³-hybridized carbons (Fsp3) is 0.213. The van der Waals surface area contributed by atoms with Gasteiger partial charge in [0.15, 0.2) is 11.5 Å². The summed E-state index contributed by atoms with van der Waals surface area (Å²) >= 11 is 0. The van der Waals surface area contributed by atoms with Crippen LogP contribution >= 0.6 is 0 Å². The van der Waals surface area contributed by atoms with Gasteiger partial charge in [-0.25, -0.2) is 14.4 Å². The number of hydrogen-bond donors (Lipinski definition) is 1. The molecule has 18 heteroatoms. The number of rotatable bonds is 10. The van der Waals surface area contributed by atoms with Gasteiger partial charge < -0.3 is 29.0 Å². The Bertz CT molecular complexity index is 3790. The molecule has 0 unspecified atom stereocenters. The Morgan fingerprint density at radius 2 is 1.48 bits per heavy atom. The van der Waals surface area contributed by atoms with Gasteiger partial charge in [-0.2, -0.15) is 0 Å². The molecule has 18 nitrogen and oxygen atoms in total. The molecule has 0 radical (unpaired) electrons. The number of hydrogen-bond acceptors (Lipinski definition) is 14. The number of ether oxygens (including phenoxy) is 4. The number of nitro benzene ring substituents is 1. The number of imide groups is 1. The monoisotopic (exact) mass is 1060 g/mol. The molecule has 1 N–H and O–H groups in total. The van der Waals surface area contributed by atoms with Crippen LogP contribution < -0.4 is 14.4 Å². The van der Waals surface area contributed by atoms with Crippen LogP contribution in [0, 0.1) is 27.9 Å². The van der Waals surface area contributed by atoms with Crippen molar-refractivity contribution in [2.45, 2.75) is 55.8 Å². The number of benzene rings is 7. The third kappa shape index (κ3) is 8.51. The van der Waals surface area contributed by atoms with Gasteiger partial charge in [0.2, 0.25) is 11.8 Å². The fourth-order valence-electron chi connectivity index (χ4n) is 12.0. The first kappa shape index (κ1) is 50.0. The number of para-hydroxylation sites is 1. The van der Waals surface area contributed by atoms with Crippen LogP contribution in [0.5, 0.6) is 17.2 Å². The third-order valence-electron chi connectivity index (χ3n) is 15.5. The van der Waals surface area contributed by atoms with Crippen molar-refractivity contribution in [1.82, 2.24) is 24.8 Å². The Kier molecular flexibility index (Phi) is 12.8. The van der Waals surface area contributed by atoms with E-state index in [1.165, 1.54) is 43.5 Å². The fourth-order valence-corrected chi connectivity index (χ4v) is 12.0. The Hall–Kier alpha value is -9.86. The number of fused-ring (bicyclic) bond motifs is 5. The minimum Gasteiger partial charge on any atom is -0.508 e. The van der Waals surface area contributed by atoms with E-state index in [1.807, 2.05) is 102 Å². The summed E-state index contributed by atoms with van der Waals surface area (Å²) < 4.78 is 25.6. The zero-order valence-corrected chi connectivity index (χ0v) is 42.7. The number of carbonyl (C=O) groups is 4. The van der Waals surface area contributed by atoms with Crippen LogP contribution in [0.4, 0.5) is 16.2 Å². The molecular formula is C61H49N7O11. The number of nitrogens with zero attached hydrogens (tertiary/aromatic N) is 7. The van der Waals surface area contributed by atoms with Gasteiger partial charge in [-0.1, -0.05) is 102 Å². The van der Waals surface area contributed by atoms with Gasteiger partial charge in [0, 0.05) is 30.8 Å². The average Bonchev–Trinajstić information content (AvgIpc) is 3.02. The number of carbonyl (C=O) groups excluding carboxylic acids is 4. The minimum absolute atomic E-state index is 0.0615. The maximum absolute atomic E-state index is 16.9. The quantitative estimate of drug-likeness (QED) is 0.0588. The van der Waals surface area contributed by atoms with Gasteiger partial charge in [0.1, 0.15) is 42.0 Å². The van der Waals surface area contributed by atoms with E-state index in [-0.39, 0.29) is 48.9 Å². The molecule has 5 heterocycles. The molecule has 12 rings (SSSR count). The molecule has 7 aromatic carbocycles. The van der Waals surface area contributed by atoms with Crippen molar-refractivity contribution >= 4 is 46.3 Å². The lowest BCUT2D eigenvalue weighted by Gasteiger charge is -2.46. The van der Waals surface area contributed by atoms with Gasteiger partial charge in [-0.3, -0.25) is 29.4 Å². The van der Waals surface area contributed by atoms with E-state index in [4.69, 9.17) is 18.9 Å². The molecule has 4 aliphatic heterocycles. The highest BCUT2D eigenvalue weighted by atomic mass is 16.6. The third-order valence-corrected chi connectivity index (χ3v) is 15.5. The molecule has 2 saturated heterocycles. The number of non-ortho nitro benzene ring substituents is 1. The van der Waals surface area contributed by atoms with Crippen molar-refractivity contribution in [1.29, 1.82) is 0 Å². The highest BCUT2D eigenvalue weighted by Gasteiger charge is 2.76. The Labute approximate surface area is 452 Å². The number of aromatic nitrogens is 3. The number of morpholine rings is 1. The van der Waals surface area contributed by atoms with E-state index < -0.39 is 64.4 Å². The van der Waals surface area contributed by atoms with Crippen LogP contribution in [-0.4, -0.2) is 85.5 Å². The van der Waals surface area contributed by atoms with Crippen LogP contribution in [0.3, 0.4) is 0 Å². The molecule has 0 bridgehead atoms. The summed E-state index contributed by atoms with van der Waals surface area (Å²) in [6.45, 7) is -0.0101. The lowest BCUT2D eigenvalue weighted by atomic mass is 9.64. The van der Waals surface area contributed by atoms with Crippen molar-refractivity contribution in [3.8, 4) is 29.1 Å². The second-order valence-electron chi connectivity index (χ2n) is 19.7. The number of anilines is 1. The number of nitro groups is 1. The van der Waals surface area contributed by atoms with E-state index in [0.717, 1.165) is 21.5 Å². The zero-order valence-electron chi connectivity index (χ0n) is 42.7. The molecule has 0 aliphatic carbocycles. The molecule has 4 aliphatic rings. The molecule has 8 aromatic rings. The highest BCUT2D eigenvalue weighted by Crippen LogP contribution is 2.66. The second kappa shape index (κ2) is 20.3. The highest BCUT2D eigenvalue weighted by molar-refractivity contribution is 6.23. The summed E-state index contributed by atoms with van der Waals surface area (Å²) in [5.74, 6) is 3.55. The van der Waals surface area contributed by atoms with Crippen LogP contribution in [-0.2, 0) is 55.4 Å². The van der Waals surface area contributed by atoms with Crippen molar-refractivity contribution in [3.05, 3.63) is 218 Å². The van der Waals surface area contributed by atoms with Gasteiger partial charge in [-0.15, -0.1) is 5.10 Å². The standard InChI is InChI=1S/C61H49N7O11/c1-76-50-33-42-29-31-64(35-43(42)34-51(50)77-2)57(70)52-54-58(71)79-55(40-15-7-4-8-16-40)53(39-13-5-3-6-14-39)67(54)56(41-22-26-45(69)27-23-41)61(52)46-32-37(12-11-30-65-49-18-10-9-17-47(49)62-63-65)21-28-48(46)66(59(61)72)60(73)78-36-38-19-24-44(25-20-38)68(74)75/h3-10,13-28,32-34,52-56,69H,29-31,35-36H2,1-2H3/t52-,53-,54-,55+,56+,61-/m0/s1. The number of phenols is 1. The lowest BCUT2D eigenvalue weighted by Crippen LogP contribution is -2.57. The van der Waals surface area contributed by atoms with Gasteiger partial charge in [0.25, 0.3) is 5.69 Å². The molecule has 394 valence electrons. The number of esters is 1. The van der Waals surface area contributed by atoms with E-state index >= 15 is 19.2 Å². The first-order valence-electron chi connectivity index (χ1n) is 25.5. The summed E-state index contributed by atoms with van der Waals surface area (Å²) in [7, 11) is 3.08. The predicted molar refractivity (Wildman–Crippen MR) is 286 cm³/mol. The number of amides is 3. The normalized spacial score (nSPS) is 21.1. The minimum atomic E-state index is -2.16. The zero-order chi connectivity index (χ0) is 54.5. The Morgan fingerprint density at radius 1 is 0.797 bits per heavy atom. The lowest BCUT2D eigenvalue weighted by molar-refractivity contribution is -0.384. The number of cyclic esters (lactones) is 1. The first-order chi connectivity index (χ1) is 38.5. The predicted octanol–water partition coefficient (Wildman–Crippen LogP) is 8.70. The number of phenolic OH excluding ortho intramolecular Hbond substituents is 1. The van der Waals surface area contributed by atoms with Crippen LogP contribution in [0.15, 0.2) is 164 Å². The summed E-state index contributed by atoms with van der Waals surface area (Å²) in [6, 6.07) is 43.0. The van der Waals surface area contributed by atoms with Gasteiger partial charge in [-0.05, 0) is 112 Å². The summed E-state index contributed by atoms with van der Waals surface area (Å²) in [4.78, 5) is 79.8. The van der Waals surface area contributed by atoms with Gasteiger partial charge >= 0.3 is 12.1 Å². The van der Waals surface area contributed by atoms with E-state index in [1.54, 1.807) is 47.0 Å². The smallest absolute Gasteiger partial charge is 0.421 e. The molecule has 1 aromatic heterocycles. The second-order valence-corrected chi connectivity index (χ2v) is 19.7. The Balaban J connectivity index is 1.09. The molecule has 79 heavy (non-hydrogen) atoms. The van der Waals surface area contributed by atoms with Crippen molar-refractivity contribution in [2.75, 3.05) is 25.7 Å². The van der Waals surface area contributed by atoms with Crippen molar-refractivity contribution in [3.63, 3.8) is 0 Å². The molecule has 6 atom stereocenters. The van der Waals surface area contributed by atoms with E-state index in [0.29, 0.717) is 51.3 Å². The van der Waals surface area contributed by atoms with Crippen LogP contribution in [0.1, 0.15) is 62.7 Å². The molecule has 1 spiro atoms. The maximum Gasteiger partial charge on any atom is 0.421 e. The van der Waals surface area contributed by atoms with E-state index in [2.05, 4.69) is 22.2 Å². The molecular weight excluding hydrogens is 1010 g/mol. The summed E-state index contributed by atoms with van der Waals surface area (Å²) in [5, 5.41) is 31.0. The number of methoxy groups -OCH3 is 2. The van der Waals surface area contributed by atoms with Gasteiger partial charge in [0.05, 0.1) is 48.3 Å². The van der Waals surface area contributed by atoms with Crippen LogP contribution in [0.25, 0.3) is 11.0 Å². The molecule has 0 saturated carbocycles.